The molecule has 0 aromatic rings. The van der Waals surface area contributed by atoms with Gasteiger partial charge in [0.15, 0.2) is 0 Å². The van der Waals surface area contributed by atoms with Crippen molar-refractivity contribution in [3.63, 3.8) is 0 Å². The molecule has 15 heteroatoms. The zero-order chi connectivity index (χ0) is 26.9. The second-order valence-corrected chi connectivity index (χ2v) is 8.27. The Balaban J connectivity index is 3.62. The molecular formula is C19H23F9O6. The molecule has 0 aromatic heterocycles. The Kier molecular flexibility index (Phi) is 8.62. The summed E-state index contributed by atoms with van der Waals surface area (Å²) in [6.45, 7) is 5.43. The molecule has 198 valence electrons. The van der Waals surface area contributed by atoms with Crippen LogP contribution in [0.5, 0.6) is 0 Å². The van der Waals surface area contributed by atoms with E-state index in [-0.39, 0.29) is 6.61 Å². The van der Waals surface area contributed by atoms with E-state index < -0.39 is 84.6 Å². The van der Waals surface area contributed by atoms with Gasteiger partial charge >= 0.3 is 36.3 Å². The van der Waals surface area contributed by atoms with E-state index in [1.54, 1.807) is 0 Å². The van der Waals surface area contributed by atoms with Crippen LogP contribution >= 0.6 is 0 Å². The Labute approximate surface area is 188 Å². The number of esters is 1. The van der Waals surface area contributed by atoms with E-state index in [4.69, 9.17) is 4.74 Å². The minimum Gasteiger partial charge on any atom is -0.436 e. The van der Waals surface area contributed by atoms with Crippen LogP contribution in [0.1, 0.15) is 40.0 Å². The maximum absolute atomic E-state index is 14.0. The van der Waals surface area contributed by atoms with Crippen molar-refractivity contribution in [2.24, 2.45) is 11.8 Å². The Hall–Kier alpha value is -2.19. The highest BCUT2D eigenvalue weighted by molar-refractivity contribution is 5.89. The van der Waals surface area contributed by atoms with Crippen LogP contribution in [0.25, 0.3) is 0 Å². The van der Waals surface area contributed by atoms with Crippen LogP contribution in [0.15, 0.2) is 12.2 Å². The summed E-state index contributed by atoms with van der Waals surface area (Å²) >= 11 is 0. The van der Waals surface area contributed by atoms with Gasteiger partial charge in [0.2, 0.25) is 0 Å². The summed E-state index contributed by atoms with van der Waals surface area (Å²) in [5, 5.41) is 10.3. The third kappa shape index (κ3) is 6.48. The lowest BCUT2D eigenvalue weighted by molar-refractivity contribution is -0.390. The fourth-order valence-electron chi connectivity index (χ4n) is 3.71. The molecule has 0 aromatic carbocycles. The maximum Gasteiger partial charge on any atom is 0.508 e. The average molecular weight is 518 g/mol. The molecule has 1 aliphatic carbocycles. The van der Waals surface area contributed by atoms with Gasteiger partial charge in [0.05, 0.1) is 12.2 Å². The smallest absolute Gasteiger partial charge is 0.436 e. The van der Waals surface area contributed by atoms with Crippen molar-refractivity contribution in [3.05, 3.63) is 12.2 Å². The van der Waals surface area contributed by atoms with E-state index in [0.717, 1.165) is 13.8 Å². The number of alkyl halides is 9. The average Bonchev–Trinajstić information content (AvgIpc) is 2.61. The SMILES string of the molecule is C=C(C(=O)OC(C1CC(OC(=O)OCC)CC(C(C)(C)O)C1)(C(F)(F)F)C(F)(F)F)C(F)(F)F. The van der Waals surface area contributed by atoms with Crippen molar-refractivity contribution in [1.29, 1.82) is 0 Å². The van der Waals surface area contributed by atoms with Crippen LogP contribution in [0.3, 0.4) is 0 Å². The highest BCUT2D eigenvalue weighted by Crippen LogP contribution is 2.56. The van der Waals surface area contributed by atoms with Gasteiger partial charge in [-0.15, -0.1) is 0 Å². The van der Waals surface area contributed by atoms with Crippen LogP contribution in [0, 0.1) is 11.8 Å². The Morgan fingerprint density at radius 2 is 1.38 bits per heavy atom. The van der Waals surface area contributed by atoms with Crippen molar-refractivity contribution in [3.8, 4) is 0 Å². The largest absolute Gasteiger partial charge is 0.508 e. The summed E-state index contributed by atoms with van der Waals surface area (Å²) in [6.07, 6.45) is -24.4. The van der Waals surface area contributed by atoms with Gasteiger partial charge in [0.1, 0.15) is 11.7 Å². The van der Waals surface area contributed by atoms with Crippen molar-refractivity contribution in [2.75, 3.05) is 6.61 Å². The van der Waals surface area contributed by atoms with Crippen LogP contribution in [-0.2, 0) is 19.0 Å². The number of hydrogen-bond acceptors (Lipinski definition) is 6. The fourth-order valence-corrected chi connectivity index (χ4v) is 3.71. The minimum absolute atomic E-state index is 0.240. The second kappa shape index (κ2) is 9.82. The van der Waals surface area contributed by atoms with E-state index in [2.05, 4.69) is 16.1 Å². The molecule has 0 saturated heterocycles. The quantitative estimate of drug-likeness (QED) is 0.294. The molecule has 34 heavy (non-hydrogen) atoms. The molecule has 1 fully saturated rings. The summed E-state index contributed by atoms with van der Waals surface area (Å²) in [5.74, 6) is -7.14. The summed E-state index contributed by atoms with van der Waals surface area (Å²) in [5.41, 5.74) is -9.91. The number of ether oxygens (including phenoxy) is 3. The summed E-state index contributed by atoms with van der Waals surface area (Å²) in [6, 6.07) is 0. The normalized spacial score (nSPS) is 22.7. The van der Waals surface area contributed by atoms with Crippen LogP contribution in [0.2, 0.25) is 0 Å². The molecule has 1 saturated carbocycles. The predicted molar refractivity (Wildman–Crippen MR) is 95.2 cm³/mol. The number of rotatable bonds is 6. The van der Waals surface area contributed by atoms with E-state index in [0.29, 0.717) is 0 Å². The number of carbonyl (C=O) groups excluding carboxylic acids is 2. The van der Waals surface area contributed by atoms with Gasteiger partial charge < -0.3 is 19.3 Å². The van der Waals surface area contributed by atoms with Gasteiger partial charge in [0, 0.05) is 5.92 Å². The van der Waals surface area contributed by atoms with Crippen LogP contribution in [-0.4, -0.2) is 59.7 Å². The van der Waals surface area contributed by atoms with E-state index in [1.165, 1.54) is 6.92 Å². The van der Waals surface area contributed by atoms with Gasteiger partial charge in [0.25, 0.3) is 0 Å². The van der Waals surface area contributed by atoms with Gasteiger partial charge in [-0.1, -0.05) is 6.58 Å². The number of carbonyl (C=O) groups is 2. The number of hydrogen-bond donors (Lipinski definition) is 1. The molecule has 0 aliphatic heterocycles. The zero-order valence-electron chi connectivity index (χ0n) is 18.2. The van der Waals surface area contributed by atoms with E-state index in [9.17, 15) is 54.2 Å². The molecule has 0 amide bonds. The zero-order valence-corrected chi connectivity index (χ0v) is 18.2. The second-order valence-electron chi connectivity index (χ2n) is 8.27. The molecule has 3 atom stereocenters. The number of aliphatic hydroxyl groups is 1. The van der Waals surface area contributed by atoms with Gasteiger partial charge in [-0.3, -0.25) is 0 Å². The third-order valence-corrected chi connectivity index (χ3v) is 5.45. The van der Waals surface area contributed by atoms with Crippen molar-refractivity contribution in [2.45, 2.75) is 75.9 Å². The van der Waals surface area contributed by atoms with Crippen LogP contribution < -0.4 is 0 Å². The van der Waals surface area contributed by atoms with Crippen molar-refractivity contribution in [1.82, 2.24) is 0 Å². The first-order valence-electron chi connectivity index (χ1n) is 9.76. The standard InChI is InChI=1S/C19H23F9O6/c1-5-32-14(30)33-12-7-10(15(3,4)31)6-11(8-12)16(18(23,24)25,19(26,27)28)34-13(29)9(2)17(20,21)22/h10-12,31H,2,5-8H2,1,3-4H3. The molecule has 1 N–H and O–H groups in total. The highest BCUT2D eigenvalue weighted by atomic mass is 19.4. The van der Waals surface area contributed by atoms with Gasteiger partial charge in [-0.25, -0.2) is 9.59 Å². The lowest BCUT2D eigenvalue weighted by Crippen LogP contribution is -2.66. The van der Waals surface area contributed by atoms with Gasteiger partial charge in [-0.2, -0.15) is 39.5 Å². The fraction of sp³-hybridized carbons (Fsp3) is 0.789. The molecule has 1 rings (SSSR count). The first-order chi connectivity index (χ1) is 15.1. The topological polar surface area (TPSA) is 82.1 Å². The third-order valence-electron chi connectivity index (χ3n) is 5.45. The minimum atomic E-state index is -6.45. The summed E-state index contributed by atoms with van der Waals surface area (Å²) < 4.78 is 135. The predicted octanol–water partition coefficient (Wildman–Crippen LogP) is 5.24. The van der Waals surface area contributed by atoms with E-state index >= 15 is 0 Å². The molecular weight excluding hydrogens is 495 g/mol. The highest BCUT2D eigenvalue weighted by Gasteiger charge is 2.78. The van der Waals surface area contributed by atoms with Gasteiger partial charge in [-0.05, 0) is 46.0 Å². The molecule has 6 nitrogen and oxygen atoms in total. The molecule has 0 spiro atoms. The molecule has 1 aliphatic rings. The summed E-state index contributed by atoms with van der Waals surface area (Å²) in [4.78, 5) is 23.4. The molecule has 0 heterocycles. The van der Waals surface area contributed by atoms with E-state index in [1.807, 2.05) is 0 Å². The monoisotopic (exact) mass is 518 g/mol. The van der Waals surface area contributed by atoms with Crippen molar-refractivity contribution >= 4 is 12.1 Å². The Morgan fingerprint density at radius 3 is 1.76 bits per heavy atom. The Bertz CT molecular complexity index is 750. The lowest BCUT2D eigenvalue weighted by Gasteiger charge is -2.48. The van der Waals surface area contributed by atoms with Crippen molar-refractivity contribution < 1.29 is 68.4 Å². The molecule has 0 bridgehead atoms. The summed E-state index contributed by atoms with van der Waals surface area (Å²) in [7, 11) is 0. The lowest BCUT2D eigenvalue weighted by atomic mass is 9.66. The first kappa shape index (κ1) is 29.8. The Morgan fingerprint density at radius 1 is 0.912 bits per heavy atom. The molecule has 3 unspecified atom stereocenters. The van der Waals surface area contributed by atoms with Crippen LogP contribution in [0.4, 0.5) is 44.3 Å². The maximum atomic E-state index is 14.0. The molecule has 0 radical (unpaired) electrons. The first-order valence-corrected chi connectivity index (χ1v) is 9.76. The number of halogens is 9.